The number of carbonyl (C=O) groups excluding carboxylic acids is 1. The second-order valence-electron chi connectivity index (χ2n) is 6.54. The molecule has 1 unspecified atom stereocenters. The molecule has 0 saturated carbocycles. The zero-order chi connectivity index (χ0) is 20.5. The monoisotopic (exact) mass is 422 g/mol. The molecule has 0 spiro atoms. The second kappa shape index (κ2) is 8.14. The molecule has 28 heavy (non-hydrogen) atoms. The number of alkyl halides is 5. The Bertz CT molecular complexity index is 833. The topological polar surface area (TPSA) is 49.3 Å². The highest BCUT2D eigenvalue weighted by atomic mass is 32.1. The maximum atomic E-state index is 12.7. The van der Waals surface area contributed by atoms with Crippen LogP contribution in [0.2, 0.25) is 0 Å². The number of hydrogen-bond acceptors (Lipinski definition) is 5. The Morgan fingerprint density at radius 3 is 2.46 bits per heavy atom. The lowest BCUT2D eigenvalue weighted by atomic mass is 10.0. The van der Waals surface area contributed by atoms with E-state index in [0.29, 0.717) is 18.9 Å². The number of thiophene rings is 1. The van der Waals surface area contributed by atoms with E-state index in [0.717, 1.165) is 21.5 Å². The Morgan fingerprint density at radius 1 is 1.21 bits per heavy atom. The molecule has 1 aliphatic heterocycles. The quantitative estimate of drug-likeness (QED) is 0.689. The molecule has 0 N–H and O–H groups in total. The van der Waals surface area contributed by atoms with Crippen molar-refractivity contribution in [3.63, 3.8) is 0 Å². The van der Waals surface area contributed by atoms with Gasteiger partial charge in [0.2, 0.25) is 5.91 Å². The summed E-state index contributed by atoms with van der Waals surface area (Å²) < 4.78 is 63.4. The number of fused-ring (bicyclic) bond motifs is 1. The highest BCUT2D eigenvalue weighted by Crippen LogP contribution is 2.34. The summed E-state index contributed by atoms with van der Waals surface area (Å²) in [7, 11) is 0. The predicted molar refractivity (Wildman–Crippen MR) is 95.8 cm³/mol. The molecule has 0 aliphatic carbocycles. The van der Waals surface area contributed by atoms with Gasteiger partial charge in [-0.15, -0.1) is 11.3 Å². The third-order valence-corrected chi connectivity index (χ3v) is 5.95. The van der Waals surface area contributed by atoms with Gasteiger partial charge in [-0.3, -0.25) is 4.79 Å². The lowest BCUT2D eigenvalue weighted by Gasteiger charge is -2.36. The number of hydrogen-bond donors (Lipinski definition) is 0. The van der Waals surface area contributed by atoms with Gasteiger partial charge in [0.15, 0.2) is 0 Å². The van der Waals surface area contributed by atoms with Crippen LogP contribution in [-0.2, 0) is 11.2 Å². The normalized spacial score (nSPS) is 16.8. The number of aromatic nitrogens is 2. The first-order valence-corrected chi connectivity index (χ1v) is 9.63. The number of aryl methyl sites for hydroxylation is 1. The van der Waals surface area contributed by atoms with E-state index >= 15 is 0 Å². The third kappa shape index (κ3) is 4.34. The molecular weight excluding hydrogens is 403 g/mol. The van der Waals surface area contributed by atoms with E-state index in [1.165, 1.54) is 11.2 Å². The standard InChI is InChI=1S/C17H19F5N4OS/c1-2-10-7-11-15(23-9-24-16(11)28-10)26-5-3-25(4-6-26)13(27)8-12(14(18)19)17(20,21)22/h7,9,12,14H,2-6,8H2,1H3. The SMILES string of the molecule is CCc1cc2c(N3CCN(C(=O)CC(C(F)F)C(F)(F)F)CC3)ncnc2s1. The van der Waals surface area contributed by atoms with Gasteiger partial charge < -0.3 is 9.80 Å². The van der Waals surface area contributed by atoms with Gasteiger partial charge in [-0.2, -0.15) is 13.2 Å². The molecule has 0 aromatic carbocycles. The van der Waals surface area contributed by atoms with Gasteiger partial charge in [0.1, 0.15) is 22.9 Å². The summed E-state index contributed by atoms with van der Waals surface area (Å²) in [5.41, 5.74) is 0. The fourth-order valence-corrected chi connectivity index (χ4v) is 4.08. The molecule has 2 aromatic rings. The highest BCUT2D eigenvalue weighted by Gasteiger charge is 2.47. The van der Waals surface area contributed by atoms with Crippen molar-refractivity contribution in [3.05, 3.63) is 17.3 Å². The Hall–Kier alpha value is -2.04. The first-order valence-electron chi connectivity index (χ1n) is 8.81. The summed E-state index contributed by atoms with van der Waals surface area (Å²) in [5, 5.41) is 0.902. The van der Waals surface area contributed by atoms with Gasteiger partial charge in [-0.05, 0) is 12.5 Å². The van der Waals surface area contributed by atoms with Crippen LogP contribution in [0, 0.1) is 5.92 Å². The molecule has 0 bridgehead atoms. The summed E-state index contributed by atoms with van der Waals surface area (Å²) >= 11 is 1.57. The number of nitrogens with zero attached hydrogens (tertiary/aromatic N) is 4. The van der Waals surface area contributed by atoms with E-state index in [2.05, 4.69) is 9.97 Å². The molecule has 3 rings (SSSR count). The van der Waals surface area contributed by atoms with Crippen LogP contribution in [-0.4, -0.2) is 59.6 Å². The van der Waals surface area contributed by atoms with Crippen molar-refractivity contribution in [3.8, 4) is 0 Å². The number of carbonyl (C=O) groups is 1. The number of halogens is 5. The molecule has 1 fully saturated rings. The number of amides is 1. The van der Waals surface area contributed by atoms with Crippen molar-refractivity contribution < 1.29 is 26.7 Å². The van der Waals surface area contributed by atoms with E-state index in [4.69, 9.17) is 0 Å². The molecule has 3 heterocycles. The van der Waals surface area contributed by atoms with Gasteiger partial charge in [0.05, 0.1) is 5.39 Å². The Morgan fingerprint density at radius 2 is 1.89 bits per heavy atom. The van der Waals surface area contributed by atoms with Gasteiger partial charge in [0.25, 0.3) is 6.43 Å². The van der Waals surface area contributed by atoms with Gasteiger partial charge in [0, 0.05) is 37.5 Å². The van der Waals surface area contributed by atoms with Crippen molar-refractivity contribution in [2.24, 2.45) is 5.92 Å². The van der Waals surface area contributed by atoms with Crippen LogP contribution >= 0.6 is 11.3 Å². The predicted octanol–water partition coefficient (Wildman–Crippen LogP) is 3.74. The van der Waals surface area contributed by atoms with Crippen molar-refractivity contribution >= 4 is 33.3 Å². The highest BCUT2D eigenvalue weighted by molar-refractivity contribution is 7.18. The average molecular weight is 422 g/mol. The average Bonchev–Trinajstić information content (AvgIpc) is 3.08. The maximum Gasteiger partial charge on any atom is 0.397 e. The number of anilines is 1. The molecule has 11 heteroatoms. The summed E-state index contributed by atoms with van der Waals surface area (Å²) in [6, 6.07) is 2.02. The van der Waals surface area contributed by atoms with E-state index in [1.54, 1.807) is 11.3 Å². The number of piperazine rings is 1. The summed E-state index contributed by atoms with van der Waals surface area (Å²) in [5.74, 6) is -3.12. The van der Waals surface area contributed by atoms with Crippen LogP contribution in [0.5, 0.6) is 0 Å². The molecule has 1 saturated heterocycles. The molecule has 1 aliphatic rings. The lowest BCUT2D eigenvalue weighted by molar-refractivity contribution is -0.210. The smallest absolute Gasteiger partial charge is 0.352 e. The molecule has 2 aromatic heterocycles. The molecular formula is C17H19F5N4OS. The maximum absolute atomic E-state index is 12.7. The zero-order valence-electron chi connectivity index (χ0n) is 15.0. The van der Waals surface area contributed by atoms with Crippen LogP contribution in [0.4, 0.5) is 27.8 Å². The zero-order valence-corrected chi connectivity index (χ0v) is 15.9. The minimum Gasteiger partial charge on any atom is -0.352 e. The molecule has 1 amide bonds. The van der Waals surface area contributed by atoms with Crippen molar-refractivity contribution in [2.45, 2.75) is 32.4 Å². The van der Waals surface area contributed by atoms with Crippen LogP contribution in [0.15, 0.2) is 12.4 Å². The van der Waals surface area contributed by atoms with Crippen molar-refractivity contribution in [2.75, 3.05) is 31.1 Å². The molecule has 0 radical (unpaired) electrons. The first kappa shape index (κ1) is 20.7. The second-order valence-corrected chi connectivity index (χ2v) is 7.65. The summed E-state index contributed by atoms with van der Waals surface area (Å²) in [6.45, 7) is 3.07. The van der Waals surface area contributed by atoms with Crippen molar-refractivity contribution in [1.82, 2.24) is 14.9 Å². The molecule has 5 nitrogen and oxygen atoms in total. The fraction of sp³-hybridized carbons (Fsp3) is 0.588. The van der Waals surface area contributed by atoms with E-state index in [1.807, 2.05) is 17.9 Å². The Labute approximate surface area is 162 Å². The van der Waals surface area contributed by atoms with Crippen LogP contribution in [0.1, 0.15) is 18.2 Å². The van der Waals surface area contributed by atoms with Crippen LogP contribution in [0.25, 0.3) is 10.2 Å². The van der Waals surface area contributed by atoms with Gasteiger partial charge in [-0.1, -0.05) is 6.92 Å². The van der Waals surface area contributed by atoms with Crippen LogP contribution < -0.4 is 4.90 Å². The summed E-state index contributed by atoms with van der Waals surface area (Å²) in [4.78, 5) is 25.9. The fourth-order valence-electron chi connectivity index (χ4n) is 3.15. The van der Waals surface area contributed by atoms with Gasteiger partial charge >= 0.3 is 6.18 Å². The van der Waals surface area contributed by atoms with Crippen LogP contribution in [0.3, 0.4) is 0 Å². The largest absolute Gasteiger partial charge is 0.397 e. The Kier molecular flexibility index (Phi) is 6.01. The Balaban J connectivity index is 1.66. The minimum absolute atomic E-state index is 0.156. The van der Waals surface area contributed by atoms with E-state index < -0.39 is 30.8 Å². The third-order valence-electron chi connectivity index (χ3n) is 4.76. The van der Waals surface area contributed by atoms with E-state index in [9.17, 15) is 26.7 Å². The number of rotatable bonds is 5. The molecule has 1 atom stereocenters. The first-order chi connectivity index (χ1) is 13.2. The van der Waals surface area contributed by atoms with E-state index in [-0.39, 0.29) is 13.1 Å². The molecule has 154 valence electrons. The van der Waals surface area contributed by atoms with Gasteiger partial charge in [-0.25, -0.2) is 18.7 Å². The summed E-state index contributed by atoms with van der Waals surface area (Å²) in [6.07, 6.45) is -7.63. The van der Waals surface area contributed by atoms with Crippen molar-refractivity contribution in [1.29, 1.82) is 0 Å². The minimum atomic E-state index is -5.10. The lowest BCUT2D eigenvalue weighted by Crippen LogP contribution is -2.50.